The third-order valence-corrected chi connectivity index (χ3v) is 3.00. The van der Waals surface area contributed by atoms with E-state index in [4.69, 9.17) is 0 Å². The van der Waals surface area contributed by atoms with Gasteiger partial charge in [0.1, 0.15) is 0 Å². The van der Waals surface area contributed by atoms with Gasteiger partial charge in [0.2, 0.25) is 0 Å². The minimum atomic E-state index is 0.518. The van der Waals surface area contributed by atoms with Crippen LogP contribution in [0.3, 0.4) is 0 Å². The molecule has 1 atom stereocenters. The summed E-state index contributed by atoms with van der Waals surface area (Å²) in [6, 6.07) is 7.25. The molecule has 1 aromatic rings. The molecule has 0 aliphatic rings. The number of hydrogen-bond acceptors (Lipinski definition) is 1. The van der Waals surface area contributed by atoms with E-state index in [1.807, 2.05) is 6.08 Å². The molecular weight excluding hydrogens is 194 g/mol. The first kappa shape index (κ1) is 13.0. The Bertz CT molecular complexity index is 341. The van der Waals surface area contributed by atoms with Crippen LogP contribution < -0.4 is 5.32 Å². The minimum absolute atomic E-state index is 0.518. The summed E-state index contributed by atoms with van der Waals surface area (Å²) >= 11 is 0. The number of rotatable bonds is 6. The van der Waals surface area contributed by atoms with Crippen molar-refractivity contribution in [3.8, 4) is 0 Å². The Hall–Kier alpha value is -1.08. The second kappa shape index (κ2) is 6.49. The molecule has 0 saturated carbocycles. The smallest absolute Gasteiger partial charge is 0.0142 e. The Kier molecular flexibility index (Phi) is 5.27. The largest absolute Gasteiger partial charge is 0.314 e. The van der Waals surface area contributed by atoms with Gasteiger partial charge in [0.05, 0.1) is 0 Å². The predicted octanol–water partition coefficient (Wildman–Crippen LogP) is 3.40. The van der Waals surface area contributed by atoms with Crippen LogP contribution in [-0.4, -0.2) is 12.6 Å². The van der Waals surface area contributed by atoms with Crippen molar-refractivity contribution < 1.29 is 0 Å². The standard InChI is InChI=1S/C15H23N/c1-5-7-15(16-6-2)11-14-9-8-12(3)13(4)10-14/h5,8-10,15-16H,1,6-7,11H2,2-4H3. The highest BCUT2D eigenvalue weighted by Crippen LogP contribution is 2.12. The fourth-order valence-electron chi connectivity index (χ4n) is 1.94. The second-order valence-electron chi connectivity index (χ2n) is 4.40. The van der Waals surface area contributed by atoms with Gasteiger partial charge in [-0.2, -0.15) is 0 Å². The Morgan fingerprint density at radius 2 is 2.06 bits per heavy atom. The first-order valence-corrected chi connectivity index (χ1v) is 6.07. The van der Waals surface area contributed by atoms with Crippen LogP contribution >= 0.6 is 0 Å². The van der Waals surface area contributed by atoms with E-state index in [-0.39, 0.29) is 0 Å². The quantitative estimate of drug-likeness (QED) is 0.720. The van der Waals surface area contributed by atoms with Crippen molar-refractivity contribution in [3.05, 3.63) is 47.5 Å². The summed E-state index contributed by atoms with van der Waals surface area (Å²) in [4.78, 5) is 0. The third-order valence-electron chi connectivity index (χ3n) is 3.00. The lowest BCUT2D eigenvalue weighted by Gasteiger charge is -2.16. The van der Waals surface area contributed by atoms with Crippen molar-refractivity contribution in [2.75, 3.05) is 6.54 Å². The summed E-state index contributed by atoms with van der Waals surface area (Å²) in [5.41, 5.74) is 4.16. The predicted molar refractivity (Wildman–Crippen MR) is 71.9 cm³/mol. The maximum atomic E-state index is 3.82. The molecule has 1 heteroatoms. The molecule has 0 aliphatic carbocycles. The van der Waals surface area contributed by atoms with Crippen molar-refractivity contribution >= 4 is 0 Å². The summed E-state index contributed by atoms with van der Waals surface area (Å²) in [7, 11) is 0. The van der Waals surface area contributed by atoms with Crippen LogP contribution in [0.5, 0.6) is 0 Å². The zero-order valence-electron chi connectivity index (χ0n) is 10.7. The summed E-state index contributed by atoms with van der Waals surface area (Å²) in [5, 5.41) is 3.49. The van der Waals surface area contributed by atoms with Crippen LogP contribution in [0.1, 0.15) is 30.0 Å². The lowest BCUT2D eigenvalue weighted by Crippen LogP contribution is -2.30. The average Bonchev–Trinajstić information content (AvgIpc) is 2.24. The molecule has 0 amide bonds. The SMILES string of the molecule is C=CCC(Cc1ccc(C)c(C)c1)NCC. The molecule has 1 aromatic carbocycles. The van der Waals surface area contributed by atoms with Crippen molar-refractivity contribution in [1.29, 1.82) is 0 Å². The minimum Gasteiger partial charge on any atom is -0.314 e. The highest BCUT2D eigenvalue weighted by molar-refractivity contribution is 5.30. The summed E-state index contributed by atoms with van der Waals surface area (Å²) in [6.07, 6.45) is 4.11. The number of benzene rings is 1. The molecular formula is C15H23N. The van der Waals surface area contributed by atoms with Gasteiger partial charge in [0.25, 0.3) is 0 Å². The van der Waals surface area contributed by atoms with E-state index in [9.17, 15) is 0 Å². The van der Waals surface area contributed by atoms with Gasteiger partial charge in [-0.25, -0.2) is 0 Å². The van der Waals surface area contributed by atoms with Gasteiger partial charge in [-0.1, -0.05) is 31.2 Å². The summed E-state index contributed by atoms with van der Waals surface area (Å²) in [6.45, 7) is 11.3. The second-order valence-corrected chi connectivity index (χ2v) is 4.40. The lowest BCUT2D eigenvalue weighted by molar-refractivity contribution is 0.529. The summed E-state index contributed by atoms with van der Waals surface area (Å²) in [5.74, 6) is 0. The molecule has 88 valence electrons. The van der Waals surface area contributed by atoms with Gasteiger partial charge in [-0.15, -0.1) is 6.58 Å². The van der Waals surface area contributed by atoms with E-state index in [1.165, 1.54) is 16.7 Å². The van der Waals surface area contributed by atoms with Crippen LogP contribution in [0.15, 0.2) is 30.9 Å². The van der Waals surface area contributed by atoms with Gasteiger partial charge in [0.15, 0.2) is 0 Å². The molecule has 0 aliphatic heterocycles. The molecule has 0 bridgehead atoms. The van der Waals surface area contributed by atoms with Crippen LogP contribution in [-0.2, 0) is 6.42 Å². The number of hydrogen-bond donors (Lipinski definition) is 1. The molecule has 0 fully saturated rings. The third kappa shape index (κ3) is 3.82. The first-order chi connectivity index (χ1) is 7.67. The van der Waals surface area contributed by atoms with Crippen LogP contribution in [0.4, 0.5) is 0 Å². The van der Waals surface area contributed by atoms with Gasteiger partial charge in [-0.3, -0.25) is 0 Å². The molecule has 0 heterocycles. The van der Waals surface area contributed by atoms with E-state index in [0.717, 1.165) is 19.4 Å². The fraction of sp³-hybridized carbons (Fsp3) is 0.467. The van der Waals surface area contributed by atoms with Crippen molar-refractivity contribution in [3.63, 3.8) is 0 Å². The summed E-state index contributed by atoms with van der Waals surface area (Å²) < 4.78 is 0. The monoisotopic (exact) mass is 217 g/mol. The van der Waals surface area contributed by atoms with Gasteiger partial charge >= 0.3 is 0 Å². The van der Waals surface area contributed by atoms with Crippen LogP contribution in [0.2, 0.25) is 0 Å². The van der Waals surface area contributed by atoms with Crippen LogP contribution in [0.25, 0.3) is 0 Å². The molecule has 1 N–H and O–H groups in total. The molecule has 16 heavy (non-hydrogen) atoms. The first-order valence-electron chi connectivity index (χ1n) is 6.07. The number of likely N-dealkylation sites (N-methyl/N-ethyl adjacent to an activating group) is 1. The molecule has 0 spiro atoms. The van der Waals surface area contributed by atoms with Crippen molar-refractivity contribution in [1.82, 2.24) is 5.32 Å². The van der Waals surface area contributed by atoms with E-state index in [2.05, 4.69) is 50.9 Å². The van der Waals surface area contributed by atoms with Gasteiger partial charge in [-0.05, 0) is 49.9 Å². The van der Waals surface area contributed by atoms with E-state index in [1.54, 1.807) is 0 Å². The van der Waals surface area contributed by atoms with E-state index in [0.29, 0.717) is 6.04 Å². The number of aryl methyl sites for hydroxylation is 2. The van der Waals surface area contributed by atoms with Gasteiger partial charge in [0, 0.05) is 6.04 Å². The van der Waals surface area contributed by atoms with Crippen molar-refractivity contribution in [2.45, 2.75) is 39.7 Å². The van der Waals surface area contributed by atoms with Crippen molar-refractivity contribution in [2.24, 2.45) is 0 Å². The average molecular weight is 217 g/mol. The highest BCUT2D eigenvalue weighted by atomic mass is 14.9. The zero-order valence-corrected chi connectivity index (χ0v) is 10.7. The van der Waals surface area contributed by atoms with Crippen LogP contribution in [0, 0.1) is 13.8 Å². The molecule has 0 aromatic heterocycles. The molecule has 0 radical (unpaired) electrons. The molecule has 1 nitrogen and oxygen atoms in total. The van der Waals surface area contributed by atoms with E-state index >= 15 is 0 Å². The van der Waals surface area contributed by atoms with Gasteiger partial charge < -0.3 is 5.32 Å². The molecule has 1 rings (SSSR count). The topological polar surface area (TPSA) is 12.0 Å². The molecule has 1 unspecified atom stereocenters. The highest BCUT2D eigenvalue weighted by Gasteiger charge is 2.06. The molecule has 0 saturated heterocycles. The van der Waals surface area contributed by atoms with E-state index < -0.39 is 0 Å². The fourth-order valence-corrected chi connectivity index (χ4v) is 1.94. The Labute approximate surface area is 99.6 Å². The zero-order chi connectivity index (χ0) is 12.0. The maximum absolute atomic E-state index is 3.82. The Morgan fingerprint density at radius 1 is 1.31 bits per heavy atom. The maximum Gasteiger partial charge on any atom is 0.0142 e. The Balaban J connectivity index is 2.68. The lowest BCUT2D eigenvalue weighted by atomic mass is 9.99. The Morgan fingerprint density at radius 3 is 2.62 bits per heavy atom. The number of nitrogens with one attached hydrogen (secondary N) is 1. The normalized spacial score (nSPS) is 12.4.